The van der Waals surface area contributed by atoms with Crippen molar-refractivity contribution >= 4 is 53.6 Å². The number of aryl methyl sites for hydroxylation is 1. The van der Waals surface area contributed by atoms with Crippen molar-refractivity contribution in [2.24, 2.45) is 17.3 Å². The fraction of sp³-hybridized carbons (Fsp3) is 0.394. The largest absolute Gasteiger partial charge is 0.457 e. The summed E-state index contributed by atoms with van der Waals surface area (Å²) in [6, 6.07) is 20.0. The topological polar surface area (TPSA) is 116 Å². The van der Waals surface area contributed by atoms with Gasteiger partial charge in [0.1, 0.15) is 22.1 Å². The minimum atomic E-state index is -2.77. The first kappa shape index (κ1) is 38.2. The summed E-state index contributed by atoms with van der Waals surface area (Å²) in [5.41, 5.74) is 1.04. The van der Waals surface area contributed by atoms with Gasteiger partial charge in [-0.25, -0.2) is 4.98 Å². The molecule has 0 N–H and O–H groups in total. The van der Waals surface area contributed by atoms with Crippen LogP contribution in [-0.4, -0.2) is 43.2 Å². The Morgan fingerprint density at radius 1 is 1.06 bits per heavy atom. The van der Waals surface area contributed by atoms with Gasteiger partial charge >= 0.3 is 12.7 Å². The number of anilines is 1. The van der Waals surface area contributed by atoms with E-state index in [0.717, 1.165) is 18.8 Å². The van der Waals surface area contributed by atoms with Gasteiger partial charge < -0.3 is 27.9 Å². The Hall–Kier alpha value is -3.23. The molecular formula is C33H39Cl2N4O6PS. The Morgan fingerprint density at radius 2 is 1.70 bits per heavy atom. The summed E-state index contributed by atoms with van der Waals surface area (Å²) >= 11 is 16.6. The molecule has 0 bridgehead atoms. The molecule has 4 rings (SSSR count). The lowest BCUT2D eigenvalue weighted by molar-refractivity contribution is -0.149. The summed E-state index contributed by atoms with van der Waals surface area (Å²) in [6.45, 7) is 8.72. The molecule has 1 fully saturated rings. The fourth-order valence-corrected chi connectivity index (χ4v) is 5.90. The number of para-hydroxylation sites is 1. The molecule has 0 spiro atoms. The number of benzene rings is 2. The molecule has 252 valence electrons. The average Bonchev–Trinajstić information content (AvgIpc) is 3.59. The van der Waals surface area contributed by atoms with Crippen LogP contribution in [0, 0.1) is 35.5 Å². The molecule has 0 amide bonds. The maximum absolute atomic E-state index is 12.6. The van der Waals surface area contributed by atoms with Crippen LogP contribution in [0.4, 0.5) is 5.95 Å². The molecule has 3 atom stereocenters. The second-order valence-corrected chi connectivity index (χ2v) is 15.1. The van der Waals surface area contributed by atoms with Gasteiger partial charge in [-0.2, -0.15) is 10.2 Å². The van der Waals surface area contributed by atoms with Gasteiger partial charge in [0.2, 0.25) is 17.9 Å². The van der Waals surface area contributed by atoms with Gasteiger partial charge in [-0.05, 0) is 62.4 Å². The van der Waals surface area contributed by atoms with Crippen molar-refractivity contribution in [2.75, 3.05) is 32.2 Å². The van der Waals surface area contributed by atoms with E-state index in [1.54, 1.807) is 36.4 Å². The van der Waals surface area contributed by atoms with E-state index < -0.39 is 18.8 Å². The Balaban J connectivity index is 0.000000277. The van der Waals surface area contributed by atoms with Crippen molar-refractivity contribution in [3.63, 3.8) is 0 Å². The molecule has 3 aromatic rings. The minimum Gasteiger partial charge on any atom is -0.457 e. The molecule has 1 aliphatic carbocycles. The maximum Gasteiger partial charge on any atom is 0.381 e. The van der Waals surface area contributed by atoms with Crippen LogP contribution in [0.5, 0.6) is 17.4 Å². The smallest absolute Gasteiger partial charge is 0.381 e. The van der Waals surface area contributed by atoms with Crippen LogP contribution in [0.3, 0.4) is 0 Å². The molecule has 1 aliphatic rings. The van der Waals surface area contributed by atoms with Crippen molar-refractivity contribution in [3.05, 3.63) is 82.5 Å². The molecule has 14 heteroatoms. The lowest BCUT2D eigenvalue weighted by atomic mass is 10.1. The number of hydrogen-bond donors (Lipinski definition) is 0. The molecule has 47 heavy (non-hydrogen) atoms. The normalized spacial score (nSPS) is 16.8. The Labute approximate surface area is 291 Å². The van der Waals surface area contributed by atoms with Gasteiger partial charge in [-0.3, -0.25) is 4.79 Å². The second-order valence-electron chi connectivity index (χ2n) is 10.9. The van der Waals surface area contributed by atoms with Crippen LogP contribution >= 0.6 is 29.9 Å². The number of carbonyl (C=O) groups excluding carboxylic acids is 1. The number of nitriles is 1. The van der Waals surface area contributed by atoms with Crippen molar-refractivity contribution in [1.29, 1.82) is 5.26 Å². The van der Waals surface area contributed by atoms with Crippen LogP contribution in [0.1, 0.15) is 45.1 Å². The van der Waals surface area contributed by atoms with Gasteiger partial charge in [0, 0.05) is 56.4 Å². The molecule has 2 aromatic carbocycles. The van der Waals surface area contributed by atoms with Crippen molar-refractivity contribution < 1.29 is 27.8 Å². The number of nitrogens with zero attached hydrogens (tertiary/aromatic N) is 4. The second kappa shape index (κ2) is 17.3. The molecule has 1 heterocycles. The van der Waals surface area contributed by atoms with E-state index in [-0.39, 0.29) is 21.7 Å². The molecule has 1 saturated carbocycles. The quantitative estimate of drug-likeness (QED) is 0.125. The van der Waals surface area contributed by atoms with Gasteiger partial charge in [-0.1, -0.05) is 67.4 Å². The summed E-state index contributed by atoms with van der Waals surface area (Å²) in [7, 11) is 2.92. The number of rotatable bonds is 13. The summed E-state index contributed by atoms with van der Waals surface area (Å²) in [5.74, 6) is 1.28. The number of carbonyl (C=O) groups is 1. The van der Waals surface area contributed by atoms with Gasteiger partial charge in [0.25, 0.3) is 0 Å². The predicted octanol–water partition coefficient (Wildman–Crippen LogP) is 8.71. The first-order chi connectivity index (χ1) is 22.3. The van der Waals surface area contributed by atoms with E-state index in [2.05, 4.69) is 9.97 Å². The molecule has 0 radical (unpaired) electrons. The van der Waals surface area contributed by atoms with Crippen LogP contribution in [0.25, 0.3) is 0 Å². The van der Waals surface area contributed by atoms with E-state index in [0.29, 0.717) is 28.9 Å². The monoisotopic (exact) mass is 720 g/mol. The van der Waals surface area contributed by atoms with Crippen molar-refractivity contribution in [3.8, 4) is 23.4 Å². The first-order valence-corrected chi connectivity index (χ1v) is 18.1. The Bertz CT molecular complexity index is 1620. The zero-order valence-corrected chi connectivity index (χ0v) is 30.6. The number of halogens is 2. The van der Waals surface area contributed by atoms with Crippen molar-refractivity contribution in [1.82, 2.24) is 9.97 Å². The zero-order valence-electron chi connectivity index (χ0n) is 27.3. The van der Waals surface area contributed by atoms with E-state index >= 15 is 0 Å². The summed E-state index contributed by atoms with van der Waals surface area (Å²) in [4.78, 5) is 23.4. The number of hydrogen-bond acceptors (Lipinski definition) is 11. The SMILES string of the molecule is CC1(C)C(C=C(Cl)Cl)C1C(=O)OC(C#N)c1cccc(Oc2ccccc2)c1.CCN(CC)c1nc(C)cc(OP(=S)(OC)OC)n1. The summed E-state index contributed by atoms with van der Waals surface area (Å²) in [5, 5.41) is 9.53. The van der Waals surface area contributed by atoms with Crippen LogP contribution in [0.2, 0.25) is 0 Å². The number of aromatic nitrogens is 2. The molecule has 1 aromatic heterocycles. The third-order valence-electron chi connectivity index (χ3n) is 7.48. The number of ether oxygens (including phenoxy) is 2. The molecular weight excluding hydrogens is 682 g/mol. The van der Waals surface area contributed by atoms with Gasteiger partial charge in [0.05, 0.1) is 5.92 Å². The minimum absolute atomic E-state index is 0.114. The molecule has 3 unspecified atom stereocenters. The first-order valence-electron chi connectivity index (χ1n) is 14.8. The Kier molecular flexibility index (Phi) is 14.0. The predicted molar refractivity (Wildman–Crippen MR) is 187 cm³/mol. The third kappa shape index (κ3) is 10.6. The zero-order chi connectivity index (χ0) is 34.8. The van der Waals surface area contributed by atoms with Gasteiger partial charge in [-0.15, -0.1) is 0 Å². The van der Waals surface area contributed by atoms with E-state index in [1.807, 2.05) is 75.9 Å². The van der Waals surface area contributed by atoms with E-state index in [1.165, 1.54) is 14.2 Å². The highest BCUT2D eigenvalue weighted by Crippen LogP contribution is 2.60. The highest BCUT2D eigenvalue weighted by molar-refractivity contribution is 8.07. The lowest BCUT2D eigenvalue weighted by Gasteiger charge is -2.21. The standard InChI is InChI=1S/C22H19Cl2NO3.C11H20N3O3PS/c1-22(2)17(12-19(23)24)20(22)21(26)28-18(13-25)14-7-6-10-16(11-14)27-15-8-4-3-5-9-15;1-6-14(7-2)11-12-9(3)8-10(13-11)17-18(19,15-4)16-5/h3-12,17-18,20H,1-2H3;8H,6-7H2,1-5H3. The molecule has 0 aliphatic heterocycles. The fourth-order valence-electron chi connectivity index (χ4n) is 4.78. The molecule has 0 saturated heterocycles. The molecule has 10 nitrogen and oxygen atoms in total. The highest BCUT2D eigenvalue weighted by Gasteiger charge is 2.62. The summed E-state index contributed by atoms with van der Waals surface area (Å²) in [6.07, 6.45) is 0.615. The average molecular weight is 722 g/mol. The third-order valence-corrected chi connectivity index (χ3v) is 10.2. The van der Waals surface area contributed by atoms with Crippen LogP contribution < -0.4 is 14.2 Å². The van der Waals surface area contributed by atoms with Crippen LogP contribution in [-0.2, 0) is 30.4 Å². The van der Waals surface area contributed by atoms with E-state index in [4.69, 9.17) is 58.1 Å². The van der Waals surface area contributed by atoms with Crippen LogP contribution in [0.15, 0.2) is 71.2 Å². The summed E-state index contributed by atoms with van der Waals surface area (Å²) < 4.78 is 27.1. The number of esters is 1. The lowest BCUT2D eigenvalue weighted by Crippen LogP contribution is -2.24. The van der Waals surface area contributed by atoms with Crippen molar-refractivity contribution in [2.45, 2.75) is 40.7 Å². The maximum atomic E-state index is 12.6. The van der Waals surface area contributed by atoms with Gasteiger partial charge in [0.15, 0.2) is 0 Å². The Morgan fingerprint density at radius 3 is 2.28 bits per heavy atom. The van der Waals surface area contributed by atoms with E-state index in [9.17, 15) is 10.1 Å². The number of allylic oxidation sites excluding steroid dienone is 1. The highest BCUT2D eigenvalue weighted by atomic mass is 35.5.